The summed E-state index contributed by atoms with van der Waals surface area (Å²) in [7, 11) is 0. The summed E-state index contributed by atoms with van der Waals surface area (Å²) < 4.78 is 0. The molecule has 10 rings (SSSR count). The molecule has 48 heavy (non-hydrogen) atoms. The van der Waals surface area contributed by atoms with E-state index in [4.69, 9.17) is 9.97 Å². The maximum Gasteiger partial charge on any atom is 0.0939 e. The number of benzene rings is 5. The first kappa shape index (κ1) is 27.3. The van der Waals surface area contributed by atoms with E-state index < -0.39 is 0 Å². The van der Waals surface area contributed by atoms with Gasteiger partial charge in [-0.15, -0.1) is 0 Å². The molecule has 1 N–H and O–H groups in total. The molecular formula is C44H32N4. The molecular weight excluding hydrogens is 585 g/mol. The third-order valence-electron chi connectivity index (χ3n) is 10.3. The van der Waals surface area contributed by atoms with E-state index in [0.717, 1.165) is 75.2 Å². The molecule has 8 aromatic rings. The van der Waals surface area contributed by atoms with Crippen LogP contribution in [0.4, 0.5) is 5.69 Å². The van der Waals surface area contributed by atoms with E-state index in [1.54, 1.807) is 0 Å². The predicted molar refractivity (Wildman–Crippen MR) is 200 cm³/mol. The van der Waals surface area contributed by atoms with Crippen LogP contribution in [0.3, 0.4) is 0 Å². The third-order valence-corrected chi connectivity index (χ3v) is 10.3. The largest absolute Gasteiger partial charge is 0.379 e. The maximum atomic E-state index is 5.51. The summed E-state index contributed by atoms with van der Waals surface area (Å²) in [6.07, 6.45) is 12.9. The molecule has 1 aliphatic heterocycles. The van der Waals surface area contributed by atoms with Crippen LogP contribution < -0.4 is 5.32 Å². The van der Waals surface area contributed by atoms with Gasteiger partial charge in [-0.05, 0) is 76.7 Å². The van der Waals surface area contributed by atoms with Crippen molar-refractivity contribution < 1.29 is 0 Å². The van der Waals surface area contributed by atoms with Gasteiger partial charge in [-0.1, -0.05) is 97.1 Å². The molecule has 5 aromatic carbocycles. The molecule has 4 nitrogen and oxygen atoms in total. The molecule has 4 heteroatoms. The lowest BCUT2D eigenvalue weighted by Gasteiger charge is -2.22. The van der Waals surface area contributed by atoms with Crippen LogP contribution in [0, 0.1) is 0 Å². The van der Waals surface area contributed by atoms with Gasteiger partial charge in [-0.3, -0.25) is 9.97 Å². The van der Waals surface area contributed by atoms with Crippen LogP contribution in [0.15, 0.2) is 122 Å². The van der Waals surface area contributed by atoms with Gasteiger partial charge >= 0.3 is 0 Å². The molecule has 0 bridgehead atoms. The van der Waals surface area contributed by atoms with Crippen LogP contribution in [-0.4, -0.2) is 21.5 Å². The Morgan fingerprint density at radius 2 is 1.33 bits per heavy atom. The number of nitrogens with zero attached hydrogens (tertiary/aromatic N) is 3. The number of aromatic nitrogens is 3. The van der Waals surface area contributed by atoms with E-state index in [0.29, 0.717) is 0 Å². The van der Waals surface area contributed by atoms with Gasteiger partial charge in [-0.2, -0.15) is 0 Å². The third kappa shape index (κ3) is 4.19. The number of pyridine rings is 3. The second-order valence-electron chi connectivity index (χ2n) is 13.0. The molecule has 3 aromatic heterocycles. The Balaban J connectivity index is 1.06. The lowest BCUT2D eigenvalue weighted by molar-refractivity contribution is 0.693. The van der Waals surface area contributed by atoms with E-state index >= 15 is 0 Å². The zero-order chi connectivity index (χ0) is 31.6. The van der Waals surface area contributed by atoms with Crippen LogP contribution in [0.2, 0.25) is 0 Å². The average molecular weight is 617 g/mol. The van der Waals surface area contributed by atoms with Gasteiger partial charge in [0.2, 0.25) is 0 Å². The van der Waals surface area contributed by atoms with E-state index in [2.05, 4.69) is 120 Å². The zero-order valence-corrected chi connectivity index (χ0v) is 26.5. The maximum absolute atomic E-state index is 5.51. The number of hydrogen-bond donors (Lipinski definition) is 1. The fourth-order valence-electron chi connectivity index (χ4n) is 8.09. The summed E-state index contributed by atoms with van der Waals surface area (Å²) in [5, 5.41) is 11.1. The summed E-state index contributed by atoms with van der Waals surface area (Å²) in [5.41, 5.74) is 13.8. The van der Waals surface area contributed by atoms with Crippen LogP contribution in [0.1, 0.15) is 29.5 Å². The number of fused-ring (bicyclic) bond motifs is 11. The minimum Gasteiger partial charge on any atom is -0.379 e. The Bertz CT molecular complexity index is 2600. The van der Waals surface area contributed by atoms with Crippen molar-refractivity contribution in [2.24, 2.45) is 0 Å². The molecule has 0 saturated carbocycles. The number of anilines is 1. The lowest BCUT2D eigenvalue weighted by Crippen LogP contribution is -2.07. The van der Waals surface area contributed by atoms with Gasteiger partial charge in [-0.25, -0.2) is 4.98 Å². The van der Waals surface area contributed by atoms with Gasteiger partial charge < -0.3 is 5.32 Å². The highest BCUT2D eigenvalue weighted by molar-refractivity contribution is 6.23. The van der Waals surface area contributed by atoms with Crippen molar-refractivity contribution in [1.29, 1.82) is 0 Å². The molecule has 0 unspecified atom stereocenters. The number of rotatable bonds is 3. The quantitative estimate of drug-likeness (QED) is 0.201. The lowest BCUT2D eigenvalue weighted by atomic mass is 9.84. The van der Waals surface area contributed by atoms with Crippen LogP contribution >= 0.6 is 0 Å². The second-order valence-corrected chi connectivity index (χ2v) is 13.0. The Morgan fingerprint density at radius 3 is 2.15 bits per heavy atom. The minimum atomic E-state index is 0.800. The molecule has 0 fully saturated rings. The van der Waals surface area contributed by atoms with Crippen LogP contribution in [-0.2, 0) is 12.8 Å². The Hall–Kier alpha value is -5.87. The molecule has 4 heterocycles. The molecule has 0 radical (unpaired) electrons. The SMILES string of the molecule is C1=Cc2c(-c3ccc(-c4ccc(-c5nc6c7c(c8ccccc8c6c6ccccc56)CCCC7)cc4)cn3)cc3cccnc3c2NC1. The van der Waals surface area contributed by atoms with Crippen molar-refractivity contribution in [2.75, 3.05) is 11.9 Å². The van der Waals surface area contributed by atoms with Crippen LogP contribution in [0.5, 0.6) is 0 Å². The highest BCUT2D eigenvalue weighted by atomic mass is 14.9. The summed E-state index contributed by atoms with van der Waals surface area (Å²) in [6.45, 7) is 0.800. The number of hydrogen-bond acceptors (Lipinski definition) is 4. The first-order chi connectivity index (χ1) is 23.8. The van der Waals surface area contributed by atoms with Crippen molar-refractivity contribution in [3.8, 4) is 33.6 Å². The highest BCUT2D eigenvalue weighted by Gasteiger charge is 2.22. The topological polar surface area (TPSA) is 50.7 Å². The molecule has 0 saturated heterocycles. The fourth-order valence-corrected chi connectivity index (χ4v) is 8.09. The zero-order valence-electron chi connectivity index (χ0n) is 26.5. The number of aryl methyl sites for hydroxylation is 2. The summed E-state index contributed by atoms with van der Waals surface area (Å²) in [6, 6.07) is 37.2. The smallest absolute Gasteiger partial charge is 0.0939 e. The van der Waals surface area contributed by atoms with Crippen molar-refractivity contribution in [2.45, 2.75) is 25.7 Å². The first-order valence-corrected chi connectivity index (χ1v) is 17.0. The fraction of sp³-hybridized carbons (Fsp3) is 0.114. The standard InChI is InChI=1S/C44H32N4/c1-3-12-33-31(10-1)32-11-2-5-14-35(32)43-40(33)34-13-4-6-15-36(34)41(48-43)28-19-17-27(18-20-28)30-21-22-39(47-26-30)38-25-29-9-7-23-45-42(29)44-37(38)16-8-24-46-44/h1,3-4,6-10,12-13,15-23,25-26,46H,2,5,11,14,24H2. The predicted octanol–water partition coefficient (Wildman–Crippen LogP) is 10.8. The molecule has 228 valence electrons. The van der Waals surface area contributed by atoms with Gasteiger partial charge in [0, 0.05) is 57.4 Å². The van der Waals surface area contributed by atoms with Gasteiger partial charge in [0.1, 0.15) is 0 Å². The average Bonchev–Trinajstić information content (AvgIpc) is 3.17. The van der Waals surface area contributed by atoms with Crippen molar-refractivity contribution in [3.05, 3.63) is 138 Å². The molecule has 1 aliphatic carbocycles. The van der Waals surface area contributed by atoms with Gasteiger partial charge in [0.25, 0.3) is 0 Å². The normalized spacial score (nSPS) is 13.9. The monoisotopic (exact) mass is 616 g/mol. The first-order valence-electron chi connectivity index (χ1n) is 17.0. The summed E-state index contributed by atoms with van der Waals surface area (Å²) >= 11 is 0. The van der Waals surface area contributed by atoms with Crippen molar-refractivity contribution in [3.63, 3.8) is 0 Å². The summed E-state index contributed by atoms with van der Waals surface area (Å²) in [5.74, 6) is 0. The minimum absolute atomic E-state index is 0.800. The molecule has 0 atom stereocenters. The Labute approximate surface area is 278 Å². The van der Waals surface area contributed by atoms with Gasteiger partial charge in [0.05, 0.1) is 28.1 Å². The van der Waals surface area contributed by atoms with Gasteiger partial charge in [0.15, 0.2) is 0 Å². The molecule has 0 spiro atoms. The number of nitrogens with one attached hydrogen (secondary N) is 1. The van der Waals surface area contributed by atoms with E-state index in [1.807, 2.05) is 18.5 Å². The summed E-state index contributed by atoms with van der Waals surface area (Å²) in [4.78, 5) is 15.1. The Kier molecular flexibility index (Phi) is 6.16. The Morgan fingerprint density at radius 1 is 0.604 bits per heavy atom. The van der Waals surface area contributed by atoms with Crippen molar-refractivity contribution >= 4 is 55.1 Å². The van der Waals surface area contributed by atoms with E-state index in [1.165, 1.54) is 56.4 Å². The molecule has 0 amide bonds. The molecule has 2 aliphatic rings. The highest BCUT2D eigenvalue weighted by Crippen LogP contribution is 2.42. The van der Waals surface area contributed by atoms with Crippen molar-refractivity contribution in [1.82, 2.24) is 15.0 Å². The second kappa shape index (κ2) is 10.9. The van der Waals surface area contributed by atoms with E-state index in [9.17, 15) is 0 Å². The van der Waals surface area contributed by atoms with E-state index in [-0.39, 0.29) is 0 Å². The van der Waals surface area contributed by atoms with Crippen LogP contribution in [0.25, 0.3) is 83.1 Å².